The zero-order valence-electron chi connectivity index (χ0n) is 18.4. The average molecular weight is 446 g/mol. The summed E-state index contributed by atoms with van der Waals surface area (Å²) in [6, 6.07) is 12.7. The molecule has 0 unspecified atom stereocenters. The van der Waals surface area contributed by atoms with Gasteiger partial charge in [0, 0.05) is 34.5 Å². The highest BCUT2D eigenvalue weighted by Gasteiger charge is 2.23. The smallest absolute Gasteiger partial charge is 0.238 e. The number of aliphatic hydroxyl groups excluding tert-OH is 1. The number of ether oxygens (including phenoxy) is 5. The van der Waals surface area contributed by atoms with Crippen LogP contribution in [0.2, 0.25) is 0 Å². The number of hydrogen-bond acceptors (Lipinski definition) is 8. The molecular formula is C25H22N2O6. The maximum absolute atomic E-state index is 10.1. The lowest BCUT2D eigenvalue weighted by atomic mass is 9.93. The summed E-state index contributed by atoms with van der Waals surface area (Å²) in [5.41, 5.74) is 2.74. The monoisotopic (exact) mass is 446 g/mol. The van der Waals surface area contributed by atoms with Crippen LogP contribution in [-0.2, 0) is 0 Å². The van der Waals surface area contributed by atoms with Crippen molar-refractivity contribution in [3.63, 3.8) is 0 Å². The fourth-order valence-corrected chi connectivity index (χ4v) is 3.58. The molecule has 3 aromatic rings. The predicted molar refractivity (Wildman–Crippen MR) is 121 cm³/mol. The van der Waals surface area contributed by atoms with Gasteiger partial charge in [0.2, 0.25) is 12.7 Å². The third-order valence-corrected chi connectivity index (χ3v) is 5.13. The van der Waals surface area contributed by atoms with Gasteiger partial charge in [-0.2, -0.15) is 5.26 Å². The molecule has 0 spiro atoms. The van der Waals surface area contributed by atoms with Crippen LogP contribution < -0.4 is 23.7 Å². The van der Waals surface area contributed by atoms with Crippen molar-refractivity contribution in [2.24, 2.45) is 0 Å². The van der Waals surface area contributed by atoms with Crippen molar-refractivity contribution in [2.45, 2.75) is 6.92 Å². The Hall–Kier alpha value is -4.22. The van der Waals surface area contributed by atoms with Crippen LogP contribution in [0.5, 0.6) is 34.6 Å². The highest BCUT2D eigenvalue weighted by molar-refractivity contribution is 5.86. The number of aromatic nitrogens is 1. The van der Waals surface area contributed by atoms with E-state index in [9.17, 15) is 10.4 Å². The Bertz CT molecular complexity index is 1260. The number of benzene rings is 2. The van der Waals surface area contributed by atoms with E-state index in [4.69, 9.17) is 23.7 Å². The van der Waals surface area contributed by atoms with Gasteiger partial charge < -0.3 is 28.8 Å². The van der Waals surface area contributed by atoms with Crippen LogP contribution in [0.25, 0.3) is 17.2 Å². The standard InChI is InChI=1S/C25H22N2O6/c1-15-18(5-4-10-28)24(19-8-6-16(29-2)11-22(19)30-3)20(13-26)25(27-15)33-17-7-9-21-23(12-17)32-14-31-21/h4-9,11-12,28H,10,14H2,1-3H3. The topological polar surface area (TPSA) is 103 Å². The van der Waals surface area contributed by atoms with Gasteiger partial charge in [-0.15, -0.1) is 0 Å². The Morgan fingerprint density at radius 3 is 2.61 bits per heavy atom. The lowest BCUT2D eigenvalue weighted by Gasteiger charge is -2.18. The number of rotatable bonds is 7. The number of aryl methyl sites for hydroxylation is 1. The highest BCUT2D eigenvalue weighted by atomic mass is 16.7. The van der Waals surface area contributed by atoms with Crippen LogP contribution in [-0.4, -0.2) is 37.7 Å². The van der Waals surface area contributed by atoms with Crippen LogP contribution in [0.15, 0.2) is 42.5 Å². The van der Waals surface area contributed by atoms with Crippen molar-refractivity contribution in [3.8, 4) is 51.8 Å². The van der Waals surface area contributed by atoms with E-state index in [-0.39, 0.29) is 24.8 Å². The summed E-state index contributed by atoms with van der Waals surface area (Å²) >= 11 is 0. The van der Waals surface area contributed by atoms with Crippen LogP contribution >= 0.6 is 0 Å². The van der Waals surface area contributed by atoms with Crippen molar-refractivity contribution in [2.75, 3.05) is 27.6 Å². The minimum Gasteiger partial charge on any atom is -0.497 e. The number of nitrogens with zero attached hydrogens (tertiary/aromatic N) is 2. The lowest BCUT2D eigenvalue weighted by Crippen LogP contribution is -2.02. The van der Waals surface area contributed by atoms with Gasteiger partial charge in [-0.25, -0.2) is 4.98 Å². The fraction of sp³-hybridized carbons (Fsp3) is 0.200. The largest absolute Gasteiger partial charge is 0.497 e. The van der Waals surface area contributed by atoms with Crippen molar-refractivity contribution >= 4 is 6.08 Å². The molecular weight excluding hydrogens is 424 g/mol. The Kier molecular flexibility index (Phi) is 6.33. The van der Waals surface area contributed by atoms with E-state index < -0.39 is 0 Å². The zero-order chi connectivity index (χ0) is 23.4. The summed E-state index contributed by atoms with van der Waals surface area (Å²) in [6.07, 6.45) is 3.32. The second kappa shape index (κ2) is 9.51. The molecule has 168 valence electrons. The Morgan fingerprint density at radius 2 is 1.88 bits per heavy atom. The maximum atomic E-state index is 10.1. The molecule has 1 aliphatic heterocycles. The summed E-state index contributed by atoms with van der Waals surface area (Å²) < 4.78 is 27.7. The van der Waals surface area contributed by atoms with Gasteiger partial charge in [0.05, 0.1) is 20.8 Å². The van der Waals surface area contributed by atoms with Gasteiger partial charge >= 0.3 is 0 Å². The molecule has 0 saturated heterocycles. The number of fused-ring (bicyclic) bond motifs is 1. The summed E-state index contributed by atoms with van der Waals surface area (Å²) in [4.78, 5) is 4.55. The molecule has 4 rings (SSSR count). The Morgan fingerprint density at radius 1 is 1.09 bits per heavy atom. The minimum absolute atomic E-state index is 0.142. The molecule has 2 heterocycles. The van der Waals surface area contributed by atoms with Gasteiger partial charge in [0.25, 0.3) is 0 Å². The molecule has 0 atom stereocenters. The third-order valence-electron chi connectivity index (χ3n) is 5.13. The van der Waals surface area contributed by atoms with E-state index in [2.05, 4.69) is 11.1 Å². The number of pyridine rings is 1. The van der Waals surface area contributed by atoms with Crippen LogP contribution in [0, 0.1) is 18.3 Å². The molecule has 2 aromatic carbocycles. The quantitative estimate of drug-likeness (QED) is 0.567. The molecule has 8 heteroatoms. The second-order valence-electron chi connectivity index (χ2n) is 7.05. The van der Waals surface area contributed by atoms with E-state index in [0.29, 0.717) is 51.1 Å². The van der Waals surface area contributed by atoms with Gasteiger partial charge in [-0.05, 0) is 31.2 Å². The number of methoxy groups -OCH3 is 2. The van der Waals surface area contributed by atoms with Crippen molar-refractivity contribution in [3.05, 3.63) is 59.3 Å². The lowest BCUT2D eigenvalue weighted by molar-refractivity contribution is 0.174. The van der Waals surface area contributed by atoms with E-state index in [1.165, 1.54) is 0 Å². The van der Waals surface area contributed by atoms with E-state index in [1.807, 2.05) is 13.0 Å². The Labute approximate surface area is 191 Å². The second-order valence-corrected chi connectivity index (χ2v) is 7.05. The van der Waals surface area contributed by atoms with E-state index in [0.717, 1.165) is 0 Å². The molecule has 0 saturated carbocycles. The number of hydrogen-bond donors (Lipinski definition) is 1. The van der Waals surface area contributed by atoms with Gasteiger partial charge in [0.1, 0.15) is 28.9 Å². The third kappa shape index (κ3) is 4.27. The number of aliphatic hydroxyl groups is 1. The van der Waals surface area contributed by atoms with Crippen molar-refractivity contribution in [1.29, 1.82) is 5.26 Å². The van der Waals surface area contributed by atoms with Gasteiger partial charge in [-0.1, -0.05) is 12.2 Å². The highest BCUT2D eigenvalue weighted by Crippen LogP contribution is 2.43. The molecule has 33 heavy (non-hydrogen) atoms. The molecule has 1 aromatic heterocycles. The Balaban J connectivity index is 1.91. The molecule has 0 radical (unpaired) electrons. The van der Waals surface area contributed by atoms with Crippen molar-refractivity contribution < 1.29 is 28.8 Å². The van der Waals surface area contributed by atoms with E-state index in [1.54, 1.807) is 56.7 Å². The first-order valence-corrected chi connectivity index (χ1v) is 10.1. The predicted octanol–water partition coefficient (Wildman–Crippen LogP) is 4.47. The zero-order valence-corrected chi connectivity index (χ0v) is 18.4. The SMILES string of the molecule is COc1ccc(-c2c(C#N)c(Oc3ccc4c(c3)OCO4)nc(C)c2C=CCO)c(OC)c1. The molecule has 1 aliphatic rings. The summed E-state index contributed by atoms with van der Waals surface area (Å²) in [7, 11) is 3.12. The summed E-state index contributed by atoms with van der Waals surface area (Å²) in [6.45, 7) is 1.80. The fourth-order valence-electron chi connectivity index (χ4n) is 3.58. The molecule has 0 fully saturated rings. The summed E-state index contributed by atoms with van der Waals surface area (Å²) in [5.74, 6) is 2.91. The van der Waals surface area contributed by atoms with E-state index >= 15 is 0 Å². The summed E-state index contributed by atoms with van der Waals surface area (Å²) in [5, 5.41) is 19.5. The first-order valence-electron chi connectivity index (χ1n) is 10.1. The first kappa shape index (κ1) is 22.0. The van der Waals surface area contributed by atoms with Gasteiger partial charge in [-0.3, -0.25) is 0 Å². The minimum atomic E-state index is -0.157. The molecule has 0 bridgehead atoms. The number of nitriles is 1. The van der Waals surface area contributed by atoms with Crippen LogP contribution in [0.1, 0.15) is 16.8 Å². The van der Waals surface area contributed by atoms with Gasteiger partial charge in [0.15, 0.2) is 11.5 Å². The first-order chi connectivity index (χ1) is 16.1. The van der Waals surface area contributed by atoms with Crippen LogP contribution in [0.4, 0.5) is 0 Å². The van der Waals surface area contributed by atoms with Crippen molar-refractivity contribution in [1.82, 2.24) is 4.98 Å². The molecule has 1 N–H and O–H groups in total. The maximum Gasteiger partial charge on any atom is 0.238 e. The normalized spacial score (nSPS) is 12.0. The molecule has 0 aliphatic carbocycles. The molecule has 8 nitrogen and oxygen atoms in total. The molecule has 0 amide bonds. The average Bonchev–Trinajstić information content (AvgIpc) is 3.30. The van der Waals surface area contributed by atoms with Crippen LogP contribution in [0.3, 0.4) is 0 Å².